The molecule has 8 nitrogen and oxygen atoms in total. The minimum Gasteiger partial charge on any atom is -0.466 e. The van der Waals surface area contributed by atoms with Crippen molar-refractivity contribution in [3.8, 4) is 11.5 Å². The van der Waals surface area contributed by atoms with Crippen molar-refractivity contribution in [3.05, 3.63) is 53.3 Å². The quantitative estimate of drug-likeness (QED) is 0.706. The van der Waals surface area contributed by atoms with Crippen LogP contribution in [0.5, 0.6) is 0 Å². The summed E-state index contributed by atoms with van der Waals surface area (Å²) < 4.78 is 10.7. The first kappa shape index (κ1) is 18.1. The van der Waals surface area contributed by atoms with Crippen LogP contribution in [0.2, 0.25) is 0 Å². The van der Waals surface area contributed by atoms with Crippen LogP contribution in [0.1, 0.15) is 45.2 Å². The molecule has 0 spiro atoms. The van der Waals surface area contributed by atoms with Gasteiger partial charge in [-0.25, -0.2) is 0 Å². The molecule has 0 aromatic carbocycles. The summed E-state index contributed by atoms with van der Waals surface area (Å²) in [4.78, 5) is 26.7. The predicted molar refractivity (Wildman–Crippen MR) is 101 cm³/mol. The molecule has 3 heterocycles. The Morgan fingerprint density at radius 1 is 1.29 bits per heavy atom. The highest BCUT2D eigenvalue weighted by Gasteiger charge is 2.36. The van der Waals surface area contributed by atoms with Gasteiger partial charge in [0.15, 0.2) is 11.5 Å². The predicted octanol–water partition coefficient (Wildman–Crippen LogP) is 2.91. The van der Waals surface area contributed by atoms with Gasteiger partial charge in [0.25, 0.3) is 11.8 Å². The second kappa shape index (κ2) is 7.03. The summed E-state index contributed by atoms with van der Waals surface area (Å²) in [6, 6.07) is 7.10. The molecule has 1 aliphatic rings. The van der Waals surface area contributed by atoms with E-state index < -0.39 is 0 Å². The molecular formula is C20H22N4O4. The number of hydrogen-bond donors (Lipinski definition) is 2. The van der Waals surface area contributed by atoms with Gasteiger partial charge in [-0.1, -0.05) is 0 Å². The van der Waals surface area contributed by atoms with Crippen LogP contribution in [0, 0.1) is 13.8 Å². The third kappa shape index (κ3) is 3.33. The molecule has 0 atom stereocenters. The zero-order valence-electron chi connectivity index (χ0n) is 16.0. The molecule has 3 aromatic rings. The monoisotopic (exact) mass is 382 g/mol. The fourth-order valence-corrected chi connectivity index (χ4v) is 3.48. The summed E-state index contributed by atoms with van der Waals surface area (Å²) in [7, 11) is 1.76. The molecule has 146 valence electrons. The van der Waals surface area contributed by atoms with Crippen LogP contribution in [0.3, 0.4) is 0 Å². The molecule has 1 fully saturated rings. The summed E-state index contributed by atoms with van der Waals surface area (Å²) in [6.45, 7) is 3.59. The Morgan fingerprint density at radius 2 is 2.07 bits per heavy atom. The Labute approximate surface area is 161 Å². The molecule has 1 saturated carbocycles. The molecule has 0 bridgehead atoms. The SMILES string of the molecule is Cc1cc(C(=O)NC2CC(N(C)C(=O)c3cc(-c4ccco4)[nH]n3)C2)c(C)o1. The summed E-state index contributed by atoms with van der Waals surface area (Å²) >= 11 is 0. The summed E-state index contributed by atoms with van der Waals surface area (Å²) in [6.07, 6.45) is 2.98. The Balaban J connectivity index is 1.32. The molecule has 0 unspecified atom stereocenters. The van der Waals surface area contributed by atoms with Crippen molar-refractivity contribution < 1.29 is 18.4 Å². The molecule has 0 radical (unpaired) electrons. The Bertz CT molecular complexity index is 996. The number of hydrogen-bond acceptors (Lipinski definition) is 5. The number of aryl methyl sites for hydroxylation is 2. The lowest BCUT2D eigenvalue weighted by molar-refractivity contribution is 0.0579. The zero-order valence-corrected chi connectivity index (χ0v) is 16.0. The third-order valence-corrected chi connectivity index (χ3v) is 5.19. The number of carbonyl (C=O) groups is 2. The zero-order chi connectivity index (χ0) is 19.8. The number of aromatic nitrogens is 2. The van der Waals surface area contributed by atoms with Crippen molar-refractivity contribution in [2.75, 3.05) is 7.05 Å². The maximum absolute atomic E-state index is 12.7. The van der Waals surface area contributed by atoms with Crippen LogP contribution in [0.15, 0.2) is 39.4 Å². The number of furan rings is 2. The Hall–Kier alpha value is -3.29. The minimum absolute atomic E-state index is 0.0419. The maximum Gasteiger partial charge on any atom is 0.274 e. The molecule has 3 aromatic heterocycles. The Kier molecular flexibility index (Phi) is 4.54. The molecule has 4 rings (SSSR count). The number of rotatable bonds is 5. The lowest BCUT2D eigenvalue weighted by Gasteiger charge is -2.41. The smallest absolute Gasteiger partial charge is 0.274 e. The summed E-state index contributed by atoms with van der Waals surface area (Å²) in [5, 5.41) is 9.92. The van der Waals surface area contributed by atoms with Crippen LogP contribution in [-0.4, -0.2) is 46.0 Å². The highest BCUT2D eigenvalue weighted by atomic mass is 16.3. The van der Waals surface area contributed by atoms with E-state index in [-0.39, 0.29) is 23.9 Å². The molecule has 1 aliphatic carbocycles. The average molecular weight is 382 g/mol. The van der Waals surface area contributed by atoms with Gasteiger partial charge in [-0.05, 0) is 44.9 Å². The van der Waals surface area contributed by atoms with Crippen molar-refractivity contribution in [1.82, 2.24) is 20.4 Å². The van der Waals surface area contributed by atoms with E-state index in [9.17, 15) is 9.59 Å². The lowest BCUT2D eigenvalue weighted by atomic mass is 9.85. The molecule has 8 heteroatoms. The van der Waals surface area contributed by atoms with E-state index in [1.165, 1.54) is 0 Å². The van der Waals surface area contributed by atoms with Crippen molar-refractivity contribution in [2.45, 2.75) is 38.8 Å². The maximum atomic E-state index is 12.7. The van der Waals surface area contributed by atoms with Gasteiger partial charge < -0.3 is 19.1 Å². The second-order valence-electron chi connectivity index (χ2n) is 7.18. The normalized spacial score (nSPS) is 18.5. The van der Waals surface area contributed by atoms with Crippen LogP contribution < -0.4 is 5.32 Å². The first-order valence-corrected chi connectivity index (χ1v) is 9.16. The van der Waals surface area contributed by atoms with E-state index in [4.69, 9.17) is 8.83 Å². The average Bonchev–Trinajstić information content (AvgIpc) is 3.36. The van der Waals surface area contributed by atoms with Gasteiger partial charge in [-0.2, -0.15) is 5.10 Å². The van der Waals surface area contributed by atoms with Gasteiger partial charge in [0.1, 0.15) is 17.2 Å². The van der Waals surface area contributed by atoms with Gasteiger partial charge in [0.2, 0.25) is 0 Å². The van der Waals surface area contributed by atoms with E-state index in [0.29, 0.717) is 47.1 Å². The van der Waals surface area contributed by atoms with E-state index >= 15 is 0 Å². The van der Waals surface area contributed by atoms with Gasteiger partial charge in [0, 0.05) is 25.2 Å². The fourth-order valence-electron chi connectivity index (χ4n) is 3.48. The van der Waals surface area contributed by atoms with E-state index in [0.717, 1.165) is 0 Å². The van der Waals surface area contributed by atoms with Gasteiger partial charge >= 0.3 is 0 Å². The summed E-state index contributed by atoms with van der Waals surface area (Å²) in [5.74, 6) is 1.66. The molecule has 2 amide bonds. The second-order valence-corrected chi connectivity index (χ2v) is 7.18. The molecule has 0 aliphatic heterocycles. The first-order valence-electron chi connectivity index (χ1n) is 9.16. The molecular weight excluding hydrogens is 360 g/mol. The number of H-pyrrole nitrogens is 1. The van der Waals surface area contributed by atoms with Crippen LogP contribution in [0.25, 0.3) is 11.5 Å². The first-order chi connectivity index (χ1) is 13.4. The van der Waals surface area contributed by atoms with E-state index in [2.05, 4.69) is 15.5 Å². The van der Waals surface area contributed by atoms with Crippen LogP contribution >= 0.6 is 0 Å². The van der Waals surface area contributed by atoms with Crippen LogP contribution in [0.4, 0.5) is 0 Å². The largest absolute Gasteiger partial charge is 0.466 e. The van der Waals surface area contributed by atoms with E-state index in [1.807, 2.05) is 6.92 Å². The minimum atomic E-state index is -0.162. The lowest BCUT2D eigenvalue weighted by Crippen LogP contribution is -2.54. The number of amides is 2. The number of nitrogens with zero attached hydrogens (tertiary/aromatic N) is 2. The molecule has 2 N–H and O–H groups in total. The summed E-state index contributed by atoms with van der Waals surface area (Å²) in [5.41, 5.74) is 1.56. The standard InChI is InChI=1S/C20H22N4O4/c1-11-7-15(12(2)28-11)19(25)21-13-8-14(9-13)24(3)20(26)17-10-16(22-23-17)18-5-4-6-27-18/h4-7,10,13-14H,8-9H2,1-3H3,(H,21,25)(H,22,23). The van der Waals surface area contributed by atoms with Crippen molar-refractivity contribution >= 4 is 11.8 Å². The van der Waals surface area contributed by atoms with Crippen molar-refractivity contribution in [1.29, 1.82) is 0 Å². The van der Waals surface area contributed by atoms with E-state index in [1.54, 1.807) is 49.4 Å². The van der Waals surface area contributed by atoms with Gasteiger partial charge in [-0.3, -0.25) is 14.7 Å². The van der Waals surface area contributed by atoms with Gasteiger partial charge in [-0.15, -0.1) is 0 Å². The highest BCUT2D eigenvalue weighted by molar-refractivity contribution is 5.95. The molecule has 28 heavy (non-hydrogen) atoms. The number of carbonyl (C=O) groups excluding carboxylic acids is 2. The topological polar surface area (TPSA) is 104 Å². The molecule has 0 saturated heterocycles. The number of nitrogens with one attached hydrogen (secondary N) is 2. The fraction of sp³-hybridized carbons (Fsp3) is 0.350. The van der Waals surface area contributed by atoms with Crippen molar-refractivity contribution in [2.24, 2.45) is 0 Å². The highest BCUT2D eigenvalue weighted by Crippen LogP contribution is 2.27. The van der Waals surface area contributed by atoms with Crippen molar-refractivity contribution in [3.63, 3.8) is 0 Å². The number of aromatic amines is 1. The van der Waals surface area contributed by atoms with Gasteiger partial charge in [0.05, 0.1) is 11.8 Å². The Morgan fingerprint density at radius 3 is 2.71 bits per heavy atom. The van der Waals surface area contributed by atoms with Crippen LogP contribution in [-0.2, 0) is 0 Å². The third-order valence-electron chi connectivity index (χ3n) is 5.19.